The Hall–Kier alpha value is -2.25. The molecular formula is C13H11FN2O3S. The van der Waals surface area contributed by atoms with Gasteiger partial charge in [-0.25, -0.2) is 17.9 Å². The van der Waals surface area contributed by atoms with Gasteiger partial charge in [0, 0.05) is 11.3 Å². The summed E-state index contributed by atoms with van der Waals surface area (Å²) in [6.07, 6.45) is 0. The normalized spacial score (nSPS) is 11.1. The standard InChI is InChI=1S/C13H11FN2O3S/c14-10-3-5-11(6-4-10)16-13(17)9-1-7-12(8-2-9)20(15,18)19/h1-8H,(H,16,17)(H2,15,18,19). The van der Waals surface area contributed by atoms with E-state index in [0.29, 0.717) is 5.69 Å². The summed E-state index contributed by atoms with van der Waals surface area (Å²) in [6, 6.07) is 10.5. The van der Waals surface area contributed by atoms with E-state index in [9.17, 15) is 17.6 Å². The predicted molar refractivity (Wildman–Crippen MR) is 72.2 cm³/mol. The fourth-order valence-electron chi connectivity index (χ4n) is 1.53. The molecule has 0 aliphatic carbocycles. The number of hydrogen-bond acceptors (Lipinski definition) is 3. The molecule has 104 valence electrons. The van der Waals surface area contributed by atoms with E-state index in [1.54, 1.807) is 0 Å². The van der Waals surface area contributed by atoms with Crippen LogP contribution >= 0.6 is 0 Å². The topological polar surface area (TPSA) is 89.3 Å². The molecule has 2 aromatic rings. The summed E-state index contributed by atoms with van der Waals surface area (Å²) >= 11 is 0. The summed E-state index contributed by atoms with van der Waals surface area (Å²) < 4.78 is 34.9. The molecule has 0 unspecified atom stereocenters. The first-order chi connectivity index (χ1) is 9.36. The van der Waals surface area contributed by atoms with Crippen molar-refractivity contribution in [3.8, 4) is 0 Å². The van der Waals surface area contributed by atoms with Crippen molar-refractivity contribution in [2.45, 2.75) is 4.90 Å². The summed E-state index contributed by atoms with van der Waals surface area (Å²) in [6.45, 7) is 0. The van der Waals surface area contributed by atoms with Crippen molar-refractivity contribution in [1.29, 1.82) is 0 Å². The van der Waals surface area contributed by atoms with Gasteiger partial charge in [0.05, 0.1) is 4.90 Å². The molecule has 0 fully saturated rings. The van der Waals surface area contributed by atoms with Gasteiger partial charge in [-0.05, 0) is 48.5 Å². The van der Waals surface area contributed by atoms with Crippen LogP contribution < -0.4 is 10.5 Å². The van der Waals surface area contributed by atoms with E-state index in [-0.39, 0.29) is 10.5 Å². The molecule has 7 heteroatoms. The van der Waals surface area contributed by atoms with Gasteiger partial charge in [0.25, 0.3) is 5.91 Å². The summed E-state index contributed by atoms with van der Waals surface area (Å²) in [7, 11) is -3.78. The summed E-state index contributed by atoms with van der Waals surface area (Å²) in [5.41, 5.74) is 0.702. The Labute approximate surface area is 115 Å². The number of amides is 1. The van der Waals surface area contributed by atoms with Gasteiger partial charge in [-0.3, -0.25) is 4.79 Å². The highest BCUT2D eigenvalue weighted by Gasteiger charge is 2.10. The number of hydrogen-bond donors (Lipinski definition) is 2. The number of benzene rings is 2. The van der Waals surface area contributed by atoms with Crippen LogP contribution in [0.4, 0.5) is 10.1 Å². The summed E-state index contributed by atoms with van der Waals surface area (Å²) in [5.74, 6) is -0.835. The lowest BCUT2D eigenvalue weighted by molar-refractivity contribution is 0.102. The van der Waals surface area contributed by atoms with E-state index in [1.807, 2.05) is 0 Å². The second-order valence-corrected chi connectivity index (χ2v) is 5.59. The molecule has 0 aliphatic rings. The zero-order chi connectivity index (χ0) is 14.8. The van der Waals surface area contributed by atoms with Crippen LogP contribution in [0.1, 0.15) is 10.4 Å². The Morgan fingerprint density at radius 1 is 1.00 bits per heavy atom. The first kappa shape index (κ1) is 14.2. The molecule has 0 radical (unpaired) electrons. The Bertz CT molecular complexity index is 725. The predicted octanol–water partition coefficient (Wildman–Crippen LogP) is 1.73. The number of nitrogens with one attached hydrogen (secondary N) is 1. The van der Waals surface area contributed by atoms with Crippen LogP contribution in [0.2, 0.25) is 0 Å². The van der Waals surface area contributed by atoms with E-state index in [0.717, 1.165) is 0 Å². The number of primary sulfonamides is 1. The average Bonchev–Trinajstić information content (AvgIpc) is 2.40. The molecule has 0 saturated carbocycles. The molecule has 0 spiro atoms. The van der Waals surface area contributed by atoms with Crippen molar-refractivity contribution in [2.24, 2.45) is 5.14 Å². The first-order valence-electron chi connectivity index (χ1n) is 5.56. The number of sulfonamides is 1. The number of carbonyl (C=O) groups excluding carboxylic acids is 1. The molecule has 3 N–H and O–H groups in total. The fourth-order valence-corrected chi connectivity index (χ4v) is 2.05. The van der Waals surface area contributed by atoms with Crippen molar-refractivity contribution >= 4 is 21.6 Å². The Morgan fingerprint density at radius 2 is 1.55 bits per heavy atom. The summed E-state index contributed by atoms with van der Waals surface area (Å²) in [5, 5.41) is 7.51. The van der Waals surface area contributed by atoms with Crippen molar-refractivity contribution in [1.82, 2.24) is 0 Å². The minimum absolute atomic E-state index is 0.0733. The van der Waals surface area contributed by atoms with E-state index in [4.69, 9.17) is 5.14 Å². The zero-order valence-corrected chi connectivity index (χ0v) is 11.0. The molecular weight excluding hydrogens is 283 g/mol. The quantitative estimate of drug-likeness (QED) is 0.903. The minimum Gasteiger partial charge on any atom is -0.322 e. The highest BCUT2D eigenvalue weighted by atomic mass is 32.2. The Balaban J connectivity index is 2.15. The van der Waals surface area contributed by atoms with E-state index < -0.39 is 21.7 Å². The van der Waals surface area contributed by atoms with Crippen molar-refractivity contribution in [3.63, 3.8) is 0 Å². The molecule has 0 saturated heterocycles. The number of carbonyl (C=O) groups is 1. The lowest BCUT2D eigenvalue weighted by Crippen LogP contribution is -2.14. The first-order valence-corrected chi connectivity index (χ1v) is 7.11. The van der Waals surface area contributed by atoms with Gasteiger partial charge in [-0.15, -0.1) is 0 Å². The molecule has 5 nitrogen and oxygen atoms in total. The highest BCUT2D eigenvalue weighted by Crippen LogP contribution is 2.12. The second kappa shape index (κ2) is 5.40. The van der Waals surface area contributed by atoms with Crippen molar-refractivity contribution in [2.75, 3.05) is 5.32 Å². The maximum atomic E-state index is 12.7. The van der Waals surface area contributed by atoms with Gasteiger partial charge in [0.15, 0.2) is 0 Å². The highest BCUT2D eigenvalue weighted by molar-refractivity contribution is 7.89. The molecule has 1 amide bonds. The molecule has 0 atom stereocenters. The lowest BCUT2D eigenvalue weighted by Gasteiger charge is -2.05. The van der Waals surface area contributed by atoms with Gasteiger partial charge in [-0.2, -0.15) is 0 Å². The SMILES string of the molecule is NS(=O)(=O)c1ccc(C(=O)Nc2ccc(F)cc2)cc1. The third-order valence-electron chi connectivity index (χ3n) is 2.55. The van der Waals surface area contributed by atoms with Crippen molar-refractivity contribution in [3.05, 3.63) is 59.9 Å². The maximum absolute atomic E-state index is 12.7. The number of rotatable bonds is 3. The van der Waals surface area contributed by atoms with Crippen LogP contribution in [-0.4, -0.2) is 14.3 Å². The third kappa shape index (κ3) is 3.40. The van der Waals surface area contributed by atoms with Crippen LogP contribution in [0.3, 0.4) is 0 Å². The van der Waals surface area contributed by atoms with Crippen LogP contribution in [0.25, 0.3) is 0 Å². The van der Waals surface area contributed by atoms with Crippen molar-refractivity contribution < 1.29 is 17.6 Å². The van der Waals surface area contributed by atoms with Crippen LogP contribution in [-0.2, 0) is 10.0 Å². The van der Waals surface area contributed by atoms with E-state index in [1.165, 1.54) is 48.5 Å². The van der Waals surface area contributed by atoms with Gasteiger partial charge < -0.3 is 5.32 Å². The fraction of sp³-hybridized carbons (Fsp3) is 0. The molecule has 20 heavy (non-hydrogen) atoms. The van der Waals surface area contributed by atoms with Gasteiger partial charge in [0.2, 0.25) is 10.0 Å². The number of nitrogens with two attached hydrogens (primary N) is 1. The minimum atomic E-state index is -3.78. The van der Waals surface area contributed by atoms with Crippen LogP contribution in [0, 0.1) is 5.82 Å². The summed E-state index contributed by atoms with van der Waals surface area (Å²) in [4.78, 5) is 11.8. The Kier molecular flexibility index (Phi) is 3.82. The molecule has 0 aliphatic heterocycles. The number of anilines is 1. The lowest BCUT2D eigenvalue weighted by atomic mass is 10.2. The molecule has 0 heterocycles. The monoisotopic (exact) mass is 294 g/mol. The van der Waals surface area contributed by atoms with Crippen LogP contribution in [0.5, 0.6) is 0 Å². The zero-order valence-electron chi connectivity index (χ0n) is 10.2. The van der Waals surface area contributed by atoms with E-state index >= 15 is 0 Å². The largest absolute Gasteiger partial charge is 0.322 e. The van der Waals surface area contributed by atoms with E-state index in [2.05, 4.69) is 5.32 Å². The van der Waals surface area contributed by atoms with Gasteiger partial charge in [-0.1, -0.05) is 0 Å². The molecule has 2 aromatic carbocycles. The van der Waals surface area contributed by atoms with Crippen LogP contribution in [0.15, 0.2) is 53.4 Å². The maximum Gasteiger partial charge on any atom is 0.255 e. The Morgan fingerprint density at radius 3 is 2.05 bits per heavy atom. The second-order valence-electron chi connectivity index (χ2n) is 4.03. The molecule has 0 bridgehead atoms. The third-order valence-corrected chi connectivity index (χ3v) is 3.48. The average molecular weight is 294 g/mol. The van der Waals surface area contributed by atoms with Gasteiger partial charge >= 0.3 is 0 Å². The molecule has 2 rings (SSSR count). The van der Waals surface area contributed by atoms with Gasteiger partial charge in [0.1, 0.15) is 5.82 Å². The smallest absolute Gasteiger partial charge is 0.255 e. The number of halogens is 1. The molecule has 0 aromatic heterocycles.